The maximum Gasteiger partial charge on any atom is 0.123 e. The first-order valence-corrected chi connectivity index (χ1v) is 6.20. The Bertz CT molecular complexity index is 401. The summed E-state index contributed by atoms with van der Waals surface area (Å²) in [7, 11) is 0. The molecule has 2 rings (SSSR count). The SMILES string of the molecule is CC1(C)CCN(Cc2cc(F)ccc2CN)C1. The van der Waals surface area contributed by atoms with Gasteiger partial charge in [-0.1, -0.05) is 19.9 Å². The van der Waals surface area contributed by atoms with Gasteiger partial charge in [0.25, 0.3) is 0 Å². The summed E-state index contributed by atoms with van der Waals surface area (Å²) in [5.41, 5.74) is 8.16. The van der Waals surface area contributed by atoms with Crippen molar-refractivity contribution in [1.29, 1.82) is 0 Å². The highest BCUT2D eigenvalue weighted by molar-refractivity contribution is 5.27. The van der Waals surface area contributed by atoms with Crippen molar-refractivity contribution in [2.75, 3.05) is 13.1 Å². The molecule has 0 unspecified atom stereocenters. The van der Waals surface area contributed by atoms with Crippen LogP contribution in [0.5, 0.6) is 0 Å². The predicted octanol–water partition coefficient (Wildman–Crippen LogP) is 2.52. The van der Waals surface area contributed by atoms with E-state index in [4.69, 9.17) is 5.73 Å². The van der Waals surface area contributed by atoms with Crippen molar-refractivity contribution in [2.45, 2.75) is 33.4 Å². The fourth-order valence-corrected chi connectivity index (χ4v) is 2.54. The minimum atomic E-state index is -0.171. The Morgan fingerprint density at radius 2 is 2.12 bits per heavy atom. The zero-order valence-electron chi connectivity index (χ0n) is 10.7. The summed E-state index contributed by atoms with van der Waals surface area (Å²) in [4.78, 5) is 2.38. The molecular weight excluding hydrogens is 215 g/mol. The molecule has 1 aliphatic heterocycles. The number of likely N-dealkylation sites (tertiary alicyclic amines) is 1. The normalized spacial score (nSPS) is 19.8. The van der Waals surface area contributed by atoms with Gasteiger partial charge in [0, 0.05) is 19.6 Å². The molecule has 1 fully saturated rings. The molecule has 1 heterocycles. The molecule has 0 saturated carbocycles. The fourth-order valence-electron chi connectivity index (χ4n) is 2.54. The number of hydrogen-bond acceptors (Lipinski definition) is 2. The van der Waals surface area contributed by atoms with Crippen LogP contribution in [0.4, 0.5) is 4.39 Å². The Morgan fingerprint density at radius 3 is 2.71 bits per heavy atom. The largest absolute Gasteiger partial charge is 0.326 e. The van der Waals surface area contributed by atoms with E-state index in [1.54, 1.807) is 12.1 Å². The van der Waals surface area contributed by atoms with E-state index in [-0.39, 0.29) is 5.82 Å². The summed E-state index contributed by atoms with van der Waals surface area (Å²) >= 11 is 0. The van der Waals surface area contributed by atoms with Gasteiger partial charge >= 0.3 is 0 Å². The minimum absolute atomic E-state index is 0.171. The molecule has 1 saturated heterocycles. The van der Waals surface area contributed by atoms with Crippen LogP contribution >= 0.6 is 0 Å². The molecular formula is C14H21FN2. The van der Waals surface area contributed by atoms with E-state index in [0.717, 1.165) is 30.8 Å². The topological polar surface area (TPSA) is 29.3 Å². The molecule has 0 atom stereocenters. The molecule has 1 aromatic carbocycles. The molecule has 0 amide bonds. The summed E-state index contributed by atoms with van der Waals surface area (Å²) in [6.07, 6.45) is 1.21. The minimum Gasteiger partial charge on any atom is -0.326 e. The van der Waals surface area contributed by atoms with E-state index in [9.17, 15) is 4.39 Å². The standard InChI is InChI=1S/C14H21FN2/c1-14(2)5-6-17(10-14)9-12-7-13(15)4-3-11(12)8-16/h3-4,7H,5-6,8-10,16H2,1-2H3. The Morgan fingerprint density at radius 1 is 1.35 bits per heavy atom. The van der Waals surface area contributed by atoms with Crippen LogP contribution in [0.15, 0.2) is 18.2 Å². The van der Waals surface area contributed by atoms with Crippen LogP contribution in [-0.2, 0) is 13.1 Å². The number of rotatable bonds is 3. The van der Waals surface area contributed by atoms with Gasteiger partial charge in [-0.3, -0.25) is 4.90 Å². The van der Waals surface area contributed by atoms with E-state index >= 15 is 0 Å². The Labute approximate surface area is 103 Å². The monoisotopic (exact) mass is 236 g/mol. The first-order chi connectivity index (χ1) is 8.00. The van der Waals surface area contributed by atoms with Crippen molar-refractivity contribution in [3.8, 4) is 0 Å². The maximum atomic E-state index is 13.3. The van der Waals surface area contributed by atoms with E-state index in [0.29, 0.717) is 12.0 Å². The zero-order valence-corrected chi connectivity index (χ0v) is 10.7. The van der Waals surface area contributed by atoms with Crippen LogP contribution in [-0.4, -0.2) is 18.0 Å². The summed E-state index contributed by atoms with van der Waals surface area (Å²) < 4.78 is 13.3. The number of hydrogen-bond donors (Lipinski definition) is 1. The maximum absolute atomic E-state index is 13.3. The molecule has 3 heteroatoms. The summed E-state index contributed by atoms with van der Waals surface area (Å²) in [6, 6.07) is 4.90. The first-order valence-electron chi connectivity index (χ1n) is 6.20. The third kappa shape index (κ3) is 3.05. The van der Waals surface area contributed by atoms with Gasteiger partial charge in [0.1, 0.15) is 5.82 Å². The summed E-state index contributed by atoms with van der Waals surface area (Å²) in [5.74, 6) is -0.171. The van der Waals surface area contributed by atoms with E-state index in [1.165, 1.54) is 12.5 Å². The molecule has 2 nitrogen and oxygen atoms in total. The molecule has 1 aliphatic rings. The molecule has 0 aliphatic carbocycles. The van der Waals surface area contributed by atoms with Gasteiger partial charge in [0.15, 0.2) is 0 Å². The molecule has 17 heavy (non-hydrogen) atoms. The molecule has 2 N–H and O–H groups in total. The Balaban J connectivity index is 2.11. The summed E-state index contributed by atoms with van der Waals surface area (Å²) in [6.45, 7) is 8.02. The molecule has 0 bridgehead atoms. The second-order valence-electron chi connectivity index (χ2n) is 5.74. The van der Waals surface area contributed by atoms with Crippen LogP contribution in [0.25, 0.3) is 0 Å². The van der Waals surface area contributed by atoms with Gasteiger partial charge in [-0.15, -0.1) is 0 Å². The van der Waals surface area contributed by atoms with Gasteiger partial charge in [0.2, 0.25) is 0 Å². The lowest BCUT2D eigenvalue weighted by molar-refractivity contribution is 0.283. The lowest BCUT2D eigenvalue weighted by Crippen LogP contribution is -2.23. The number of nitrogens with two attached hydrogens (primary N) is 1. The van der Waals surface area contributed by atoms with Crippen molar-refractivity contribution in [2.24, 2.45) is 11.1 Å². The Hall–Kier alpha value is -0.930. The van der Waals surface area contributed by atoms with Crippen molar-refractivity contribution < 1.29 is 4.39 Å². The number of benzene rings is 1. The fraction of sp³-hybridized carbons (Fsp3) is 0.571. The lowest BCUT2D eigenvalue weighted by Gasteiger charge is -2.20. The summed E-state index contributed by atoms with van der Waals surface area (Å²) in [5, 5.41) is 0. The van der Waals surface area contributed by atoms with E-state index < -0.39 is 0 Å². The average molecular weight is 236 g/mol. The van der Waals surface area contributed by atoms with Crippen LogP contribution in [0.1, 0.15) is 31.4 Å². The van der Waals surface area contributed by atoms with Crippen LogP contribution in [0.2, 0.25) is 0 Å². The van der Waals surface area contributed by atoms with Crippen LogP contribution < -0.4 is 5.73 Å². The third-order valence-electron chi connectivity index (χ3n) is 3.54. The van der Waals surface area contributed by atoms with Crippen molar-refractivity contribution in [1.82, 2.24) is 4.90 Å². The second kappa shape index (κ2) is 4.75. The van der Waals surface area contributed by atoms with Crippen molar-refractivity contribution in [3.63, 3.8) is 0 Å². The number of halogens is 1. The van der Waals surface area contributed by atoms with Crippen LogP contribution in [0, 0.1) is 11.2 Å². The molecule has 0 radical (unpaired) electrons. The van der Waals surface area contributed by atoms with Gasteiger partial charge in [0.05, 0.1) is 0 Å². The van der Waals surface area contributed by atoms with Gasteiger partial charge in [-0.2, -0.15) is 0 Å². The van der Waals surface area contributed by atoms with Crippen LogP contribution in [0.3, 0.4) is 0 Å². The Kier molecular flexibility index (Phi) is 3.50. The molecule has 94 valence electrons. The first kappa shape index (κ1) is 12.5. The van der Waals surface area contributed by atoms with Crippen molar-refractivity contribution >= 4 is 0 Å². The molecule has 0 aromatic heterocycles. The molecule has 0 spiro atoms. The second-order valence-corrected chi connectivity index (χ2v) is 5.74. The van der Waals surface area contributed by atoms with Gasteiger partial charge in [-0.05, 0) is 41.6 Å². The van der Waals surface area contributed by atoms with Gasteiger partial charge in [-0.25, -0.2) is 4.39 Å². The van der Waals surface area contributed by atoms with Gasteiger partial charge < -0.3 is 5.73 Å². The highest BCUT2D eigenvalue weighted by Crippen LogP contribution is 2.30. The third-order valence-corrected chi connectivity index (χ3v) is 3.54. The lowest BCUT2D eigenvalue weighted by atomic mass is 9.93. The predicted molar refractivity (Wildman–Crippen MR) is 68.0 cm³/mol. The van der Waals surface area contributed by atoms with Crippen molar-refractivity contribution in [3.05, 3.63) is 35.1 Å². The van der Waals surface area contributed by atoms with E-state index in [2.05, 4.69) is 18.7 Å². The number of nitrogens with zero attached hydrogens (tertiary/aromatic N) is 1. The quantitative estimate of drug-likeness (QED) is 0.873. The highest BCUT2D eigenvalue weighted by atomic mass is 19.1. The zero-order chi connectivity index (χ0) is 12.5. The molecule has 1 aromatic rings. The average Bonchev–Trinajstić information content (AvgIpc) is 2.58. The smallest absolute Gasteiger partial charge is 0.123 e. The highest BCUT2D eigenvalue weighted by Gasteiger charge is 2.29. The van der Waals surface area contributed by atoms with E-state index in [1.807, 2.05) is 0 Å².